The summed E-state index contributed by atoms with van der Waals surface area (Å²) in [5.74, 6) is -1.09. The standard InChI is InChI=1S/C14H15N5O4/c1-23-14(22)11-3-2-6-18(11)7-9-8-19(17-16-9)10-4-5-12(20)15-13(10)21/h2-3,6,8,10H,4-5,7H2,1H3,(H,15,20,21). The average molecular weight is 317 g/mol. The van der Waals surface area contributed by atoms with Crippen molar-refractivity contribution < 1.29 is 19.1 Å². The Morgan fingerprint density at radius 2 is 2.30 bits per heavy atom. The molecule has 1 atom stereocenters. The molecule has 1 saturated heterocycles. The summed E-state index contributed by atoms with van der Waals surface area (Å²) in [6.07, 6.45) is 4.04. The number of methoxy groups -OCH3 is 1. The Morgan fingerprint density at radius 3 is 3.04 bits per heavy atom. The lowest BCUT2D eigenvalue weighted by Gasteiger charge is -2.20. The highest BCUT2D eigenvalue weighted by molar-refractivity contribution is 5.99. The third kappa shape index (κ3) is 2.98. The molecule has 0 radical (unpaired) electrons. The van der Waals surface area contributed by atoms with E-state index in [9.17, 15) is 14.4 Å². The first-order valence-electron chi connectivity index (χ1n) is 7.06. The lowest BCUT2D eigenvalue weighted by atomic mass is 10.1. The third-order valence-electron chi connectivity index (χ3n) is 3.64. The van der Waals surface area contributed by atoms with Crippen LogP contribution in [0.3, 0.4) is 0 Å². The topological polar surface area (TPSA) is 108 Å². The Hall–Kier alpha value is -2.97. The van der Waals surface area contributed by atoms with Crippen LogP contribution in [-0.2, 0) is 20.9 Å². The van der Waals surface area contributed by atoms with Gasteiger partial charge in [0.15, 0.2) is 0 Å². The van der Waals surface area contributed by atoms with Crippen LogP contribution in [0.2, 0.25) is 0 Å². The van der Waals surface area contributed by atoms with Crippen molar-refractivity contribution in [3.63, 3.8) is 0 Å². The number of imide groups is 1. The number of aromatic nitrogens is 4. The van der Waals surface area contributed by atoms with E-state index in [-0.39, 0.29) is 18.2 Å². The van der Waals surface area contributed by atoms with Crippen molar-refractivity contribution in [3.8, 4) is 0 Å². The first kappa shape index (κ1) is 14.9. The van der Waals surface area contributed by atoms with Crippen LogP contribution in [0.15, 0.2) is 24.5 Å². The number of amides is 2. The largest absolute Gasteiger partial charge is 0.464 e. The summed E-state index contributed by atoms with van der Waals surface area (Å²) in [6.45, 7) is 0.324. The van der Waals surface area contributed by atoms with E-state index in [1.807, 2.05) is 0 Å². The van der Waals surface area contributed by atoms with Crippen molar-refractivity contribution in [2.75, 3.05) is 7.11 Å². The maximum absolute atomic E-state index is 11.8. The molecule has 2 aromatic heterocycles. The highest BCUT2D eigenvalue weighted by Gasteiger charge is 2.29. The Balaban J connectivity index is 1.75. The molecular formula is C14H15N5O4. The number of rotatable bonds is 4. The van der Waals surface area contributed by atoms with E-state index in [1.165, 1.54) is 11.8 Å². The van der Waals surface area contributed by atoms with Crippen molar-refractivity contribution in [1.29, 1.82) is 0 Å². The molecule has 1 aliphatic rings. The Labute approximate surface area is 131 Å². The fourth-order valence-corrected chi connectivity index (χ4v) is 2.49. The molecule has 1 aliphatic heterocycles. The molecule has 1 N–H and O–H groups in total. The summed E-state index contributed by atoms with van der Waals surface area (Å²) in [4.78, 5) is 34.6. The number of piperidine rings is 1. The van der Waals surface area contributed by atoms with Gasteiger partial charge in [0.1, 0.15) is 17.4 Å². The number of nitrogens with zero attached hydrogens (tertiary/aromatic N) is 4. The van der Waals surface area contributed by atoms with E-state index in [1.54, 1.807) is 29.1 Å². The van der Waals surface area contributed by atoms with Gasteiger partial charge in [0.2, 0.25) is 5.91 Å². The van der Waals surface area contributed by atoms with Gasteiger partial charge in [-0.1, -0.05) is 5.21 Å². The number of carbonyl (C=O) groups excluding carboxylic acids is 3. The molecule has 3 rings (SSSR count). The molecule has 2 aromatic rings. The monoisotopic (exact) mass is 317 g/mol. The lowest BCUT2D eigenvalue weighted by molar-refractivity contribution is -0.136. The molecule has 0 bridgehead atoms. The van der Waals surface area contributed by atoms with Gasteiger partial charge in [0.25, 0.3) is 5.91 Å². The van der Waals surface area contributed by atoms with Gasteiger partial charge in [-0.25, -0.2) is 9.48 Å². The number of hydrogen-bond acceptors (Lipinski definition) is 6. The molecule has 0 saturated carbocycles. The highest BCUT2D eigenvalue weighted by Crippen LogP contribution is 2.17. The van der Waals surface area contributed by atoms with Gasteiger partial charge in [-0.2, -0.15) is 0 Å². The first-order chi connectivity index (χ1) is 11.1. The minimum absolute atomic E-state index is 0.274. The number of ether oxygens (including phenoxy) is 1. The van der Waals surface area contributed by atoms with Gasteiger partial charge in [-0.3, -0.25) is 14.9 Å². The van der Waals surface area contributed by atoms with E-state index < -0.39 is 12.0 Å². The normalized spacial score (nSPS) is 17.9. The zero-order valence-electron chi connectivity index (χ0n) is 12.4. The van der Waals surface area contributed by atoms with Crippen LogP contribution >= 0.6 is 0 Å². The Kier molecular flexibility index (Phi) is 3.92. The predicted molar refractivity (Wildman–Crippen MR) is 76.3 cm³/mol. The van der Waals surface area contributed by atoms with Gasteiger partial charge in [0.05, 0.1) is 19.9 Å². The van der Waals surface area contributed by atoms with Crippen LogP contribution < -0.4 is 5.32 Å². The number of esters is 1. The van der Waals surface area contributed by atoms with Crippen LogP contribution in [-0.4, -0.2) is 44.5 Å². The molecule has 0 spiro atoms. The quantitative estimate of drug-likeness (QED) is 0.623. The third-order valence-corrected chi connectivity index (χ3v) is 3.64. The number of carbonyl (C=O) groups is 3. The van der Waals surface area contributed by atoms with Crippen molar-refractivity contribution in [3.05, 3.63) is 35.9 Å². The predicted octanol–water partition coefficient (Wildman–Crippen LogP) is -0.108. The second-order valence-corrected chi connectivity index (χ2v) is 5.17. The zero-order chi connectivity index (χ0) is 16.4. The van der Waals surface area contributed by atoms with E-state index in [4.69, 9.17) is 4.74 Å². The summed E-state index contributed by atoms with van der Waals surface area (Å²) in [7, 11) is 1.32. The van der Waals surface area contributed by atoms with Crippen LogP contribution in [0.25, 0.3) is 0 Å². The number of hydrogen-bond donors (Lipinski definition) is 1. The second-order valence-electron chi connectivity index (χ2n) is 5.17. The molecule has 9 heteroatoms. The molecule has 1 fully saturated rings. The minimum Gasteiger partial charge on any atom is -0.464 e. The van der Waals surface area contributed by atoms with Crippen LogP contribution in [0, 0.1) is 0 Å². The van der Waals surface area contributed by atoms with Gasteiger partial charge < -0.3 is 9.30 Å². The van der Waals surface area contributed by atoms with E-state index in [0.29, 0.717) is 24.4 Å². The number of nitrogens with one attached hydrogen (secondary N) is 1. The molecule has 0 aromatic carbocycles. The highest BCUT2D eigenvalue weighted by atomic mass is 16.5. The van der Waals surface area contributed by atoms with E-state index >= 15 is 0 Å². The summed E-state index contributed by atoms with van der Waals surface area (Å²) in [5.41, 5.74) is 0.999. The molecular weight excluding hydrogens is 302 g/mol. The van der Waals surface area contributed by atoms with Gasteiger partial charge in [-0.15, -0.1) is 5.10 Å². The fourth-order valence-electron chi connectivity index (χ4n) is 2.49. The first-order valence-corrected chi connectivity index (χ1v) is 7.06. The maximum atomic E-state index is 11.8. The zero-order valence-corrected chi connectivity index (χ0v) is 12.4. The summed E-state index contributed by atoms with van der Waals surface area (Å²) in [6, 6.07) is 2.84. The van der Waals surface area contributed by atoms with Crippen molar-refractivity contribution in [1.82, 2.24) is 24.9 Å². The van der Waals surface area contributed by atoms with Crippen LogP contribution in [0.5, 0.6) is 0 Å². The van der Waals surface area contributed by atoms with Gasteiger partial charge >= 0.3 is 5.97 Å². The minimum atomic E-state index is -0.543. The SMILES string of the molecule is COC(=O)c1cccn1Cc1cn(C2CCC(=O)NC2=O)nn1. The summed E-state index contributed by atoms with van der Waals surface area (Å²) in [5, 5.41) is 10.3. The van der Waals surface area contributed by atoms with E-state index in [0.717, 1.165) is 0 Å². The Bertz CT molecular complexity index is 763. The van der Waals surface area contributed by atoms with Crippen LogP contribution in [0.1, 0.15) is 35.1 Å². The fraction of sp³-hybridized carbons (Fsp3) is 0.357. The van der Waals surface area contributed by atoms with Crippen molar-refractivity contribution >= 4 is 17.8 Å². The lowest BCUT2D eigenvalue weighted by Crippen LogP contribution is -2.41. The van der Waals surface area contributed by atoms with Crippen molar-refractivity contribution in [2.24, 2.45) is 0 Å². The summed E-state index contributed by atoms with van der Waals surface area (Å²) < 4.78 is 7.84. The van der Waals surface area contributed by atoms with Crippen molar-refractivity contribution in [2.45, 2.75) is 25.4 Å². The van der Waals surface area contributed by atoms with E-state index in [2.05, 4.69) is 15.6 Å². The molecule has 9 nitrogen and oxygen atoms in total. The molecule has 0 aliphatic carbocycles. The second kappa shape index (κ2) is 6.03. The molecule has 1 unspecified atom stereocenters. The average Bonchev–Trinajstić information content (AvgIpc) is 3.16. The van der Waals surface area contributed by atoms with Crippen LogP contribution in [0.4, 0.5) is 0 Å². The Morgan fingerprint density at radius 1 is 1.48 bits per heavy atom. The summed E-state index contributed by atoms with van der Waals surface area (Å²) >= 11 is 0. The maximum Gasteiger partial charge on any atom is 0.354 e. The molecule has 2 amide bonds. The van der Waals surface area contributed by atoms with Gasteiger partial charge in [0, 0.05) is 12.6 Å². The van der Waals surface area contributed by atoms with Gasteiger partial charge in [-0.05, 0) is 18.6 Å². The smallest absolute Gasteiger partial charge is 0.354 e. The molecule has 3 heterocycles. The molecule has 120 valence electrons. The molecule has 23 heavy (non-hydrogen) atoms.